The summed E-state index contributed by atoms with van der Waals surface area (Å²) in [5.41, 5.74) is 0. The zero-order valence-corrected chi connectivity index (χ0v) is 15.3. The molecule has 124 valence electrons. The summed E-state index contributed by atoms with van der Waals surface area (Å²) in [4.78, 5) is 11.9. The van der Waals surface area contributed by atoms with Gasteiger partial charge in [0.05, 0.1) is 16.5 Å². The number of nitrogens with one attached hydrogen (secondary N) is 1. The number of sulfonamides is 1. The Morgan fingerprint density at radius 1 is 1.55 bits per heavy atom. The topological polar surface area (TPSA) is 81.7 Å². The molecule has 0 aliphatic carbocycles. The van der Waals surface area contributed by atoms with E-state index in [0.29, 0.717) is 17.0 Å². The number of ether oxygens (including phenoxy) is 2. The Hall–Kier alpha value is -0.480. The molecule has 0 spiro atoms. The van der Waals surface area contributed by atoms with E-state index in [4.69, 9.17) is 9.47 Å². The average molecular weight is 412 g/mol. The van der Waals surface area contributed by atoms with Crippen LogP contribution in [-0.2, 0) is 24.3 Å². The molecule has 6 nitrogen and oxygen atoms in total. The van der Waals surface area contributed by atoms with Crippen molar-refractivity contribution >= 4 is 43.2 Å². The predicted octanol–water partition coefficient (Wildman–Crippen LogP) is 2.29. The second-order valence-electron chi connectivity index (χ2n) is 4.99. The number of hydrogen-bond donors (Lipinski definition) is 1. The van der Waals surface area contributed by atoms with Crippen molar-refractivity contribution in [3.05, 3.63) is 15.9 Å². The molecule has 1 aliphatic rings. The van der Waals surface area contributed by atoms with Gasteiger partial charge >= 0.3 is 0 Å². The van der Waals surface area contributed by atoms with Crippen LogP contribution in [0.5, 0.6) is 0 Å². The van der Waals surface area contributed by atoms with Crippen LogP contribution >= 0.6 is 27.3 Å². The van der Waals surface area contributed by atoms with Crippen LogP contribution in [0.2, 0.25) is 0 Å². The molecular formula is C13H18BrNO5S2. The molecular weight excluding hydrogens is 394 g/mol. The molecule has 9 heteroatoms. The third-order valence-corrected chi connectivity index (χ3v) is 6.69. The van der Waals surface area contributed by atoms with Gasteiger partial charge < -0.3 is 9.47 Å². The van der Waals surface area contributed by atoms with Crippen LogP contribution < -0.4 is 4.72 Å². The molecule has 1 fully saturated rings. The fourth-order valence-corrected chi connectivity index (χ4v) is 5.03. The highest BCUT2D eigenvalue weighted by Gasteiger charge is 2.24. The number of carbonyl (C=O) groups excluding carboxylic acids is 1. The normalized spacial score (nSPS) is 20.5. The second kappa shape index (κ2) is 7.87. The first-order valence-electron chi connectivity index (χ1n) is 6.93. The summed E-state index contributed by atoms with van der Waals surface area (Å²) in [7, 11) is -3.85. The van der Waals surface area contributed by atoms with Gasteiger partial charge in [-0.05, 0) is 54.2 Å². The van der Waals surface area contributed by atoms with Crippen LogP contribution in [0.25, 0.3) is 0 Å². The molecule has 0 radical (unpaired) electrons. The maximum absolute atomic E-state index is 12.0. The van der Waals surface area contributed by atoms with E-state index in [-0.39, 0.29) is 10.3 Å². The standard InChI is InChI=1S/C13H18BrNO5S2/c1-9(20-8-10-4-2-3-7-19-10)13(16)15-22(17,18)12-6-5-11(14)21-12/h5-6,9-10H,2-4,7-8H2,1H3,(H,15,16)/t9-,10+/m1/s1. The van der Waals surface area contributed by atoms with E-state index in [9.17, 15) is 13.2 Å². The molecule has 0 unspecified atom stereocenters. The Labute approximate surface area is 142 Å². The van der Waals surface area contributed by atoms with Crippen LogP contribution in [-0.4, -0.2) is 39.7 Å². The van der Waals surface area contributed by atoms with Crippen LogP contribution in [0.3, 0.4) is 0 Å². The van der Waals surface area contributed by atoms with Crippen molar-refractivity contribution in [2.24, 2.45) is 0 Å². The lowest BCUT2D eigenvalue weighted by atomic mass is 10.1. The quantitative estimate of drug-likeness (QED) is 0.776. The van der Waals surface area contributed by atoms with Crippen LogP contribution in [0, 0.1) is 0 Å². The summed E-state index contributed by atoms with van der Waals surface area (Å²) in [6, 6.07) is 3.05. The zero-order chi connectivity index (χ0) is 16.2. The summed E-state index contributed by atoms with van der Waals surface area (Å²) in [5.74, 6) is -0.680. The minimum absolute atomic E-state index is 0.0196. The Bertz CT molecular complexity index is 610. The summed E-state index contributed by atoms with van der Waals surface area (Å²) >= 11 is 4.23. The molecule has 0 bridgehead atoms. The van der Waals surface area contributed by atoms with Gasteiger partial charge in [-0.2, -0.15) is 0 Å². The lowest BCUT2D eigenvalue weighted by molar-refractivity contribution is -0.133. The summed E-state index contributed by atoms with van der Waals surface area (Å²) in [5, 5.41) is 0. The van der Waals surface area contributed by atoms with Gasteiger partial charge in [0.2, 0.25) is 0 Å². The highest BCUT2D eigenvalue weighted by atomic mass is 79.9. The predicted molar refractivity (Wildman–Crippen MR) is 86.4 cm³/mol. The van der Waals surface area contributed by atoms with Crippen molar-refractivity contribution in [1.82, 2.24) is 4.72 Å². The molecule has 1 aromatic rings. The number of amides is 1. The van der Waals surface area contributed by atoms with E-state index in [1.165, 1.54) is 13.0 Å². The van der Waals surface area contributed by atoms with E-state index in [1.807, 2.05) is 4.72 Å². The van der Waals surface area contributed by atoms with Gasteiger partial charge in [0.1, 0.15) is 10.3 Å². The third kappa shape index (κ3) is 5.02. The van der Waals surface area contributed by atoms with Gasteiger partial charge in [0.25, 0.3) is 15.9 Å². The Balaban J connectivity index is 1.85. The van der Waals surface area contributed by atoms with Gasteiger partial charge in [0.15, 0.2) is 0 Å². The number of halogens is 1. The van der Waals surface area contributed by atoms with E-state index in [1.54, 1.807) is 6.07 Å². The average Bonchev–Trinajstić information content (AvgIpc) is 2.93. The second-order valence-corrected chi connectivity index (χ2v) is 9.36. The fraction of sp³-hybridized carbons (Fsp3) is 0.615. The van der Waals surface area contributed by atoms with Gasteiger partial charge in [-0.3, -0.25) is 4.79 Å². The highest BCUT2D eigenvalue weighted by molar-refractivity contribution is 9.11. The highest BCUT2D eigenvalue weighted by Crippen LogP contribution is 2.25. The van der Waals surface area contributed by atoms with E-state index in [0.717, 1.165) is 30.6 Å². The smallest absolute Gasteiger partial charge is 0.273 e. The van der Waals surface area contributed by atoms with Gasteiger partial charge in [-0.1, -0.05) is 0 Å². The summed E-state index contributed by atoms with van der Waals surface area (Å²) in [6.07, 6.45) is 2.14. The maximum atomic E-state index is 12.0. The minimum atomic E-state index is -3.85. The first-order chi connectivity index (χ1) is 10.4. The molecule has 22 heavy (non-hydrogen) atoms. The lowest BCUT2D eigenvalue weighted by Gasteiger charge is -2.23. The Morgan fingerprint density at radius 3 is 2.91 bits per heavy atom. The van der Waals surface area contributed by atoms with Crippen LogP contribution in [0.4, 0.5) is 0 Å². The van der Waals surface area contributed by atoms with E-state index in [2.05, 4.69) is 15.9 Å². The van der Waals surface area contributed by atoms with Crippen LogP contribution in [0.1, 0.15) is 26.2 Å². The van der Waals surface area contributed by atoms with Crippen molar-refractivity contribution in [2.45, 2.75) is 42.6 Å². The largest absolute Gasteiger partial charge is 0.376 e. The van der Waals surface area contributed by atoms with E-state index < -0.39 is 22.0 Å². The first-order valence-corrected chi connectivity index (χ1v) is 10.0. The molecule has 1 N–H and O–H groups in total. The number of hydrogen-bond acceptors (Lipinski definition) is 6. The van der Waals surface area contributed by atoms with E-state index >= 15 is 0 Å². The van der Waals surface area contributed by atoms with Crippen molar-refractivity contribution in [2.75, 3.05) is 13.2 Å². The molecule has 2 atom stereocenters. The number of carbonyl (C=O) groups is 1. The van der Waals surface area contributed by atoms with Gasteiger partial charge in [0, 0.05) is 6.61 Å². The number of rotatable bonds is 6. The fourth-order valence-electron chi connectivity index (χ4n) is 1.97. The van der Waals surface area contributed by atoms with Crippen molar-refractivity contribution in [3.63, 3.8) is 0 Å². The van der Waals surface area contributed by atoms with Crippen molar-refractivity contribution in [3.8, 4) is 0 Å². The molecule has 0 saturated carbocycles. The van der Waals surface area contributed by atoms with Crippen molar-refractivity contribution < 1.29 is 22.7 Å². The van der Waals surface area contributed by atoms with Gasteiger partial charge in [-0.25, -0.2) is 13.1 Å². The maximum Gasteiger partial charge on any atom is 0.273 e. The van der Waals surface area contributed by atoms with Crippen molar-refractivity contribution in [1.29, 1.82) is 0 Å². The Kier molecular flexibility index (Phi) is 6.39. The molecule has 2 rings (SSSR count). The molecule has 1 aliphatic heterocycles. The SMILES string of the molecule is C[C@@H](OC[C@@H]1CCCCO1)C(=O)NS(=O)(=O)c1ccc(Br)s1. The molecule has 1 saturated heterocycles. The molecule has 1 amide bonds. The Morgan fingerprint density at radius 2 is 2.32 bits per heavy atom. The first kappa shape index (κ1) is 17.9. The number of thiophene rings is 1. The van der Waals surface area contributed by atoms with Gasteiger partial charge in [-0.15, -0.1) is 11.3 Å². The van der Waals surface area contributed by atoms with Crippen LogP contribution in [0.15, 0.2) is 20.1 Å². The molecule has 2 heterocycles. The summed E-state index contributed by atoms with van der Waals surface area (Å²) < 4.78 is 37.8. The third-order valence-electron chi connectivity index (χ3n) is 3.22. The molecule has 0 aromatic carbocycles. The monoisotopic (exact) mass is 411 g/mol. The summed E-state index contributed by atoms with van der Waals surface area (Å²) in [6.45, 7) is 2.52. The molecule has 1 aromatic heterocycles. The lowest BCUT2D eigenvalue weighted by Crippen LogP contribution is -2.39. The minimum Gasteiger partial charge on any atom is -0.376 e. The zero-order valence-electron chi connectivity index (χ0n) is 12.1.